The van der Waals surface area contributed by atoms with Crippen LogP contribution in [0.2, 0.25) is 0 Å². The molecule has 0 radical (unpaired) electrons. The van der Waals surface area contributed by atoms with Crippen LogP contribution in [0.4, 0.5) is 5.69 Å². The van der Waals surface area contributed by atoms with Gasteiger partial charge in [-0.3, -0.25) is 14.9 Å². The van der Waals surface area contributed by atoms with Crippen LogP contribution < -0.4 is 5.32 Å². The normalized spacial score (nSPS) is 35.7. The van der Waals surface area contributed by atoms with Crippen LogP contribution in [0, 0.1) is 38.7 Å². The number of carboxylic acids is 1. The van der Waals surface area contributed by atoms with Crippen molar-refractivity contribution in [2.75, 3.05) is 6.61 Å². The van der Waals surface area contributed by atoms with Gasteiger partial charge in [-0.05, 0) is 86.3 Å². The molecule has 3 saturated carbocycles. The zero-order valence-corrected chi connectivity index (χ0v) is 24.2. The van der Waals surface area contributed by atoms with Gasteiger partial charge in [-0.2, -0.15) is 0 Å². The summed E-state index contributed by atoms with van der Waals surface area (Å²) in [5.41, 5.74) is 0.745. The van der Waals surface area contributed by atoms with Crippen molar-refractivity contribution < 1.29 is 34.7 Å². The smallest absolute Gasteiger partial charge is 0.329 e. The van der Waals surface area contributed by atoms with Crippen molar-refractivity contribution in [3.63, 3.8) is 0 Å². The molecular weight excluding hydrogens is 542 g/mol. The molecule has 4 N–H and O–H groups in total. The average molecular weight is 582 g/mol. The third-order valence-electron chi connectivity index (χ3n) is 10.8. The van der Waals surface area contributed by atoms with Gasteiger partial charge in [0.25, 0.3) is 11.6 Å². The minimum Gasteiger partial charge on any atom is -0.480 e. The van der Waals surface area contributed by atoms with Crippen molar-refractivity contribution in [1.82, 2.24) is 5.32 Å². The molecule has 0 unspecified atom stereocenters. The number of fused-ring (bicyclic) bond motifs is 5. The number of nitrogens with one attached hydrogen (secondary N) is 1. The molecule has 11 heteroatoms. The number of hydrogen-bond acceptors (Lipinski definition) is 8. The first kappa shape index (κ1) is 29.9. The molecule has 0 saturated heterocycles. The number of nitrogens with zero attached hydrogens (tertiary/aromatic N) is 2. The Morgan fingerprint density at radius 2 is 1.93 bits per heavy atom. The molecule has 1 amide bonds. The maximum atomic E-state index is 12.5. The summed E-state index contributed by atoms with van der Waals surface area (Å²) in [7, 11) is 0. The predicted octanol–water partition coefficient (Wildman–Crippen LogP) is 4.06. The number of oxime groups is 1. The number of carbonyl (C=O) groups is 2. The van der Waals surface area contributed by atoms with Crippen LogP contribution in [0.15, 0.2) is 53.2 Å². The Morgan fingerprint density at radius 1 is 1.19 bits per heavy atom. The van der Waals surface area contributed by atoms with E-state index >= 15 is 0 Å². The minimum absolute atomic E-state index is 0.0179. The maximum absolute atomic E-state index is 12.5. The van der Waals surface area contributed by atoms with Crippen LogP contribution in [0.5, 0.6) is 0 Å². The highest BCUT2D eigenvalue weighted by molar-refractivity contribution is 6.05. The fourth-order valence-corrected chi connectivity index (χ4v) is 8.18. The van der Waals surface area contributed by atoms with Crippen LogP contribution in [0.25, 0.3) is 0 Å². The lowest BCUT2D eigenvalue weighted by atomic mass is 9.47. The molecule has 0 bridgehead atoms. The first-order valence-electron chi connectivity index (χ1n) is 14.5. The third kappa shape index (κ3) is 5.13. The van der Waals surface area contributed by atoms with Crippen molar-refractivity contribution in [1.29, 1.82) is 0 Å². The van der Waals surface area contributed by atoms with Gasteiger partial charge in [-0.1, -0.05) is 42.8 Å². The molecular formula is C31H39N3O8. The van der Waals surface area contributed by atoms with E-state index in [-0.39, 0.29) is 22.1 Å². The molecule has 0 aromatic heterocycles. The van der Waals surface area contributed by atoms with Gasteiger partial charge in [0, 0.05) is 17.5 Å². The number of allylic oxidation sites excluding steroid dienone is 4. The zero-order chi connectivity index (χ0) is 30.4. The number of carbonyl (C=O) groups excluding carboxylic acids is 1. The lowest BCUT2D eigenvalue weighted by molar-refractivity contribution is -0.385. The molecule has 1 aromatic rings. The number of hydrogen-bond donors (Lipinski definition) is 4. The van der Waals surface area contributed by atoms with E-state index in [2.05, 4.69) is 30.4 Å². The first-order valence-corrected chi connectivity index (χ1v) is 14.5. The standard InChI is InChI=1S/C31H39N3O8/c1-29-12-9-20(16-19(29)7-8-22-23(29)10-13-30(2)24(22)11-14-31(30,3)39)33-42-17-25(35)32-26(28(37)38)27(36)18-5-4-6-21(15-18)34(40)41/h4-6,9,12,15-16,22-24,26-27,36,39H,7-8,10-11,13-14,17H2,1-3H3,(H,32,35)(H,37,38)/t22-,23-,24-,26+,27-,29+,30+,31+/m1/s1. The average Bonchev–Trinajstić information content (AvgIpc) is 3.19. The number of non-ortho nitro benzene ring substituents is 1. The minimum atomic E-state index is -1.75. The van der Waals surface area contributed by atoms with Crippen LogP contribution in [0.1, 0.15) is 71.0 Å². The molecule has 11 nitrogen and oxygen atoms in total. The van der Waals surface area contributed by atoms with E-state index in [0.717, 1.165) is 44.6 Å². The molecule has 8 atom stereocenters. The topological polar surface area (TPSA) is 172 Å². The van der Waals surface area contributed by atoms with E-state index in [9.17, 15) is 35.0 Å². The predicted molar refractivity (Wildman–Crippen MR) is 153 cm³/mol. The van der Waals surface area contributed by atoms with Crippen LogP contribution in [0.3, 0.4) is 0 Å². The summed E-state index contributed by atoms with van der Waals surface area (Å²) in [4.78, 5) is 39.8. The summed E-state index contributed by atoms with van der Waals surface area (Å²) in [6.07, 6.45) is 10.4. The number of amides is 1. The second-order valence-electron chi connectivity index (χ2n) is 12.9. The molecule has 42 heavy (non-hydrogen) atoms. The Hall–Kier alpha value is -3.57. The van der Waals surface area contributed by atoms with Crippen molar-refractivity contribution >= 4 is 23.3 Å². The van der Waals surface area contributed by atoms with Crippen LogP contribution in [-0.4, -0.2) is 56.1 Å². The largest absolute Gasteiger partial charge is 0.480 e. The summed E-state index contributed by atoms with van der Waals surface area (Å²) in [5, 5.41) is 48.5. The highest BCUT2D eigenvalue weighted by atomic mass is 16.6. The number of aliphatic carboxylic acids is 1. The fourth-order valence-electron chi connectivity index (χ4n) is 8.18. The number of aliphatic hydroxyl groups excluding tert-OH is 1. The molecule has 226 valence electrons. The molecule has 4 aliphatic carbocycles. The van der Waals surface area contributed by atoms with Gasteiger partial charge in [0.05, 0.1) is 10.5 Å². The highest BCUT2D eigenvalue weighted by Crippen LogP contribution is 2.66. The van der Waals surface area contributed by atoms with Crippen molar-refractivity contribution in [2.24, 2.45) is 33.7 Å². The SMILES string of the molecule is C[C@]12C=CC(=NOCC(=O)N[C@H](C(=O)O)[C@H](O)c3cccc([N+](=O)[O-])c3)C=C1CC[C@@H]1[C@H]2CC[C@@]2(C)[C@@H]1CC[C@]2(C)O. The second kappa shape index (κ2) is 10.9. The van der Waals surface area contributed by atoms with Crippen molar-refractivity contribution in [2.45, 2.75) is 77.0 Å². The number of nitro groups is 1. The van der Waals surface area contributed by atoms with Gasteiger partial charge in [0.2, 0.25) is 0 Å². The van der Waals surface area contributed by atoms with Gasteiger partial charge in [-0.25, -0.2) is 4.79 Å². The summed E-state index contributed by atoms with van der Waals surface area (Å²) < 4.78 is 0. The molecule has 1 aromatic carbocycles. The molecule has 0 spiro atoms. The van der Waals surface area contributed by atoms with E-state index in [1.165, 1.54) is 23.8 Å². The van der Waals surface area contributed by atoms with Gasteiger partial charge in [0.1, 0.15) is 11.8 Å². The van der Waals surface area contributed by atoms with E-state index in [1.54, 1.807) is 0 Å². The number of aliphatic hydroxyl groups is 2. The van der Waals surface area contributed by atoms with E-state index in [1.807, 2.05) is 19.1 Å². The number of nitro benzene ring substituents is 1. The van der Waals surface area contributed by atoms with Crippen LogP contribution >= 0.6 is 0 Å². The summed E-state index contributed by atoms with van der Waals surface area (Å²) in [5.74, 6) is -0.763. The maximum Gasteiger partial charge on any atom is 0.329 e. The number of carboxylic acid groups (broad SMARTS) is 1. The van der Waals surface area contributed by atoms with Crippen molar-refractivity contribution in [3.05, 3.63) is 63.7 Å². The lowest BCUT2D eigenvalue weighted by Crippen LogP contribution is -2.53. The summed E-state index contributed by atoms with van der Waals surface area (Å²) >= 11 is 0. The molecule has 0 aliphatic heterocycles. The number of benzene rings is 1. The Kier molecular flexibility index (Phi) is 7.78. The van der Waals surface area contributed by atoms with Gasteiger partial charge in [-0.15, -0.1) is 0 Å². The van der Waals surface area contributed by atoms with E-state index in [4.69, 9.17) is 4.84 Å². The third-order valence-corrected chi connectivity index (χ3v) is 10.8. The summed E-state index contributed by atoms with van der Waals surface area (Å²) in [6, 6.07) is 3.19. The Morgan fingerprint density at radius 3 is 2.64 bits per heavy atom. The Bertz CT molecular complexity index is 1370. The van der Waals surface area contributed by atoms with Gasteiger partial charge >= 0.3 is 5.97 Å². The van der Waals surface area contributed by atoms with Gasteiger partial charge < -0.3 is 25.5 Å². The Balaban J connectivity index is 1.20. The first-order chi connectivity index (χ1) is 19.8. The summed E-state index contributed by atoms with van der Waals surface area (Å²) in [6.45, 7) is 5.99. The second-order valence-corrected chi connectivity index (χ2v) is 12.9. The molecule has 3 fully saturated rings. The quantitative estimate of drug-likeness (QED) is 0.263. The van der Waals surface area contributed by atoms with E-state index < -0.39 is 41.2 Å². The lowest BCUT2D eigenvalue weighted by Gasteiger charge is -2.58. The van der Waals surface area contributed by atoms with E-state index in [0.29, 0.717) is 23.5 Å². The van der Waals surface area contributed by atoms with Gasteiger partial charge in [0.15, 0.2) is 12.6 Å². The van der Waals surface area contributed by atoms with Crippen molar-refractivity contribution in [3.8, 4) is 0 Å². The van der Waals surface area contributed by atoms with Crippen LogP contribution in [-0.2, 0) is 14.4 Å². The molecule has 5 rings (SSSR count). The highest BCUT2D eigenvalue weighted by Gasteiger charge is 2.62. The Labute approximate surface area is 244 Å². The molecule has 4 aliphatic rings. The monoisotopic (exact) mass is 581 g/mol. The number of rotatable bonds is 8. The zero-order valence-electron chi connectivity index (χ0n) is 24.2. The fraction of sp³-hybridized carbons (Fsp3) is 0.581. The molecule has 0 heterocycles.